The van der Waals surface area contributed by atoms with Gasteiger partial charge >= 0.3 is 5.97 Å². The van der Waals surface area contributed by atoms with Crippen molar-refractivity contribution < 1.29 is 19.1 Å². The van der Waals surface area contributed by atoms with E-state index in [1.54, 1.807) is 32.1 Å². The maximum Gasteiger partial charge on any atom is 0.310 e. The van der Waals surface area contributed by atoms with Crippen molar-refractivity contribution in [1.82, 2.24) is 4.57 Å². The van der Waals surface area contributed by atoms with E-state index in [0.29, 0.717) is 22.6 Å². The second-order valence-corrected chi connectivity index (χ2v) is 6.72. The van der Waals surface area contributed by atoms with E-state index in [4.69, 9.17) is 9.47 Å². The van der Waals surface area contributed by atoms with Gasteiger partial charge in [0.15, 0.2) is 5.76 Å². The lowest BCUT2D eigenvalue weighted by Gasteiger charge is -2.09. The zero-order chi connectivity index (χ0) is 19.8. The van der Waals surface area contributed by atoms with Crippen LogP contribution < -0.4 is 9.47 Å². The molecule has 0 atom stereocenters. The number of ketones is 1. The summed E-state index contributed by atoms with van der Waals surface area (Å²) in [4.78, 5) is 24.5. The number of hydrogen-bond acceptors (Lipinski definition) is 4. The van der Waals surface area contributed by atoms with Crippen LogP contribution in [-0.4, -0.2) is 16.3 Å². The molecular formula is C23H21NO4. The fourth-order valence-corrected chi connectivity index (χ4v) is 3.47. The van der Waals surface area contributed by atoms with E-state index in [2.05, 4.69) is 17.6 Å². The number of hydrogen-bond donors (Lipinski definition) is 0. The third kappa shape index (κ3) is 2.89. The highest BCUT2D eigenvalue weighted by Crippen LogP contribution is 2.39. The smallest absolute Gasteiger partial charge is 0.310 e. The van der Waals surface area contributed by atoms with Gasteiger partial charge in [-0.15, -0.1) is 0 Å². The Kier molecular flexibility index (Phi) is 4.51. The van der Waals surface area contributed by atoms with Crippen LogP contribution in [-0.2, 0) is 11.3 Å². The average Bonchev–Trinajstić information content (AvgIpc) is 3.23. The van der Waals surface area contributed by atoms with E-state index in [0.717, 1.165) is 23.0 Å². The molecular weight excluding hydrogens is 354 g/mol. The van der Waals surface area contributed by atoms with Crippen molar-refractivity contribution in [2.75, 3.05) is 0 Å². The number of aryl methyl sites for hydroxylation is 1. The van der Waals surface area contributed by atoms with Crippen LogP contribution in [0.25, 0.3) is 17.0 Å². The van der Waals surface area contributed by atoms with Gasteiger partial charge in [-0.05, 0) is 38.1 Å². The highest BCUT2D eigenvalue weighted by molar-refractivity contribution is 6.15. The highest BCUT2D eigenvalue weighted by Gasteiger charge is 2.30. The second-order valence-electron chi connectivity index (χ2n) is 6.72. The van der Waals surface area contributed by atoms with Crippen LogP contribution in [0.3, 0.4) is 0 Å². The average molecular weight is 375 g/mol. The van der Waals surface area contributed by atoms with Gasteiger partial charge in [-0.3, -0.25) is 9.59 Å². The number of allylic oxidation sites excluding steroid dienone is 1. The Morgan fingerprint density at radius 3 is 2.71 bits per heavy atom. The van der Waals surface area contributed by atoms with Crippen molar-refractivity contribution in [1.29, 1.82) is 0 Å². The summed E-state index contributed by atoms with van der Waals surface area (Å²) >= 11 is 0. The summed E-state index contributed by atoms with van der Waals surface area (Å²) in [5, 5.41) is 1.07. The summed E-state index contributed by atoms with van der Waals surface area (Å²) in [7, 11) is 0. The van der Waals surface area contributed by atoms with Crippen LogP contribution in [0.2, 0.25) is 0 Å². The molecule has 5 nitrogen and oxygen atoms in total. The summed E-state index contributed by atoms with van der Waals surface area (Å²) < 4.78 is 13.4. The van der Waals surface area contributed by atoms with E-state index in [1.807, 2.05) is 24.4 Å². The van der Waals surface area contributed by atoms with Crippen LogP contribution >= 0.6 is 0 Å². The summed E-state index contributed by atoms with van der Waals surface area (Å²) in [6.45, 7) is 6.44. The van der Waals surface area contributed by atoms with Gasteiger partial charge < -0.3 is 14.0 Å². The molecule has 28 heavy (non-hydrogen) atoms. The molecule has 2 heterocycles. The molecule has 1 aliphatic rings. The van der Waals surface area contributed by atoms with Gasteiger partial charge in [0.05, 0.1) is 5.56 Å². The Morgan fingerprint density at radius 2 is 1.96 bits per heavy atom. The summed E-state index contributed by atoms with van der Waals surface area (Å²) in [6, 6.07) is 11.4. The van der Waals surface area contributed by atoms with E-state index >= 15 is 0 Å². The summed E-state index contributed by atoms with van der Waals surface area (Å²) in [5.74, 6) is 0.658. The van der Waals surface area contributed by atoms with Gasteiger partial charge in [0.25, 0.3) is 0 Å². The molecule has 0 aliphatic carbocycles. The van der Waals surface area contributed by atoms with Crippen molar-refractivity contribution in [3.63, 3.8) is 0 Å². The topological polar surface area (TPSA) is 57.5 Å². The maximum atomic E-state index is 12.8. The molecule has 0 saturated heterocycles. The largest absolute Gasteiger partial charge is 0.452 e. The Morgan fingerprint density at radius 1 is 1.18 bits per heavy atom. The number of rotatable bonds is 4. The van der Waals surface area contributed by atoms with E-state index in [9.17, 15) is 9.59 Å². The predicted octanol–water partition coefficient (Wildman–Crippen LogP) is 4.90. The minimum absolute atomic E-state index is 0.167. The Balaban J connectivity index is 1.74. The van der Waals surface area contributed by atoms with Crippen molar-refractivity contribution in [2.45, 2.75) is 33.7 Å². The molecule has 1 aromatic heterocycles. The normalized spacial score (nSPS) is 14.4. The lowest BCUT2D eigenvalue weighted by Crippen LogP contribution is -2.06. The Labute approximate surface area is 163 Å². The molecule has 0 amide bonds. The number of fused-ring (bicyclic) bond motifs is 2. The van der Waals surface area contributed by atoms with E-state index in [1.165, 1.54) is 0 Å². The SMILES string of the molecule is CCC(=O)Oc1ccc2c(c1C)O/C(=C\c1cn(CC)c3ccccc13)C2=O. The minimum Gasteiger partial charge on any atom is -0.452 e. The van der Waals surface area contributed by atoms with Crippen molar-refractivity contribution >= 4 is 28.7 Å². The molecule has 142 valence electrons. The number of Topliss-reactive ketones (excluding diaryl/α,β-unsaturated/α-hetero) is 1. The number of benzene rings is 2. The van der Waals surface area contributed by atoms with Gasteiger partial charge in [0.2, 0.25) is 5.78 Å². The van der Waals surface area contributed by atoms with Crippen LogP contribution in [0.1, 0.15) is 41.8 Å². The number of aromatic nitrogens is 1. The molecule has 5 heteroatoms. The lowest BCUT2D eigenvalue weighted by atomic mass is 10.1. The third-order valence-electron chi connectivity index (χ3n) is 5.00. The first-order chi connectivity index (χ1) is 13.5. The van der Waals surface area contributed by atoms with Crippen LogP contribution in [0, 0.1) is 6.92 Å². The third-order valence-corrected chi connectivity index (χ3v) is 5.00. The fourth-order valence-electron chi connectivity index (χ4n) is 3.47. The number of para-hydroxylation sites is 1. The van der Waals surface area contributed by atoms with Gasteiger partial charge in [0.1, 0.15) is 11.5 Å². The van der Waals surface area contributed by atoms with Crippen LogP contribution in [0.4, 0.5) is 0 Å². The van der Waals surface area contributed by atoms with Gasteiger partial charge in [-0.25, -0.2) is 0 Å². The molecule has 2 aromatic carbocycles. The number of nitrogens with zero attached hydrogens (tertiary/aromatic N) is 1. The van der Waals surface area contributed by atoms with Crippen LogP contribution in [0.15, 0.2) is 48.4 Å². The number of ether oxygens (including phenoxy) is 2. The monoisotopic (exact) mass is 375 g/mol. The first-order valence-corrected chi connectivity index (χ1v) is 9.39. The number of carbonyl (C=O) groups excluding carboxylic acids is 2. The first-order valence-electron chi connectivity index (χ1n) is 9.39. The van der Waals surface area contributed by atoms with E-state index in [-0.39, 0.29) is 23.9 Å². The van der Waals surface area contributed by atoms with Crippen molar-refractivity contribution in [2.24, 2.45) is 0 Å². The molecule has 4 rings (SSSR count). The highest BCUT2D eigenvalue weighted by atomic mass is 16.5. The Bertz CT molecular complexity index is 1140. The standard InChI is InChI=1S/C23H21NO4/c1-4-21(25)27-19-11-10-17-22(26)20(28-23(17)14(19)3)12-15-13-24(5-2)18-9-7-6-8-16(15)18/h6-13H,4-5H2,1-3H3/b20-12-. The molecule has 3 aromatic rings. The molecule has 0 unspecified atom stereocenters. The van der Waals surface area contributed by atoms with E-state index < -0.39 is 0 Å². The Hall–Kier alpha value is -3.34. The van der Waals surface area contributed by atoms with Gasteiger partial charge in [-0.2, -0.15) is 0 Å². The van der Waals surface area contributed by atoms with Gasteiger partial charge in [0, 0.05) is 41.2 Å². The number of esters is 1. The van der Waals surface area contributed by atoms with Crippen LogP contribution in [0.5, 0.6) is 11.5 Å². The quantitative estimate of drug-likeness (QED) is 0.370. The molecule has 0 radical (unpaired) electrons. The predicted molar refractivity (Wildman–Crippen MR) is 108 cm³/mol. The molecule has 0 saturated carbocycles. The van der Waals surface area contributed by atoms with Crippen molar-refractivity contribution in [3.8, 4) is 11.5 Å². The van der Waals surface area contributed by atoms with Crippen molar-refractivity contribution in [3.05, 3.63) is 65.0 Å². The zero-order valence-electron chi connectivity index (χ0n) is 16.1. The first kappa shape index (κ1) is 18.0. The second kappa shape index (κ2) is 7.00. The lowest BCUT2D eigenvalue weighted by molar-refractivity contribution is -0.134. The molecule has 0 N–H and O–H groups in total. The number of carbonyl (C=O) groups is 2. The fraction of sp³-hybridized carbons (Fsp3) is 0.217. The summed E-state index contributed by atoms with van der Waals surface area (Å²) in [6.07, 6.45) is 4.09. The minimum atomic E-state index is -0.324. The zero-order valence-corrected chi connectivity index (χ0v) is 16.1. The molecule has 0 spiro atoms. The van der Waals surface area contributed by atoms with Gasteiger partial charge in [-0.1, -0.05) is 25.1 Å². The maximum absolute atomic E-state index is 12.8. The molecule has 0 fully saturated rings. The molecule has 1 aliphatic heterocycles. The summed E-state index contributed by atoms with van der Waals surface area (Å²) in [5.41, 5.74) is 3.18. The molecule has 0 bridgehead atoms.